The molecule has 0 spiro atoms. The van der Waals surface area contributed by atoms with Gasteiger partial charge < -0.3 is 11.5 Å². The predicted molar refractivity (Wildman–Crippen MR) is 104 cm³/mol. The van der Waals surface area contributed by atoms with Crippen LogP contribution in [0.1, 0.15) is 40.0 Å². The first kappa shape index (κ1) is 19.8. The Morgan fingerprint density at radius 1 is 1.28 bits per heavy atom. The zero-order valence-corrected chi connectivity index (χ0v) is 16.5. The van der Waals surface area contributed by atoms with Crippen LogP contribution in [0, 0.1) is 0 Å². The van der Waals surface area contributed by atoms with Crippen LogP contribution < -0.4 is 16.2 Å². The topological polar surface area (TPSA) is 111 Å². The number of aromatic nitrogens is 1. The van der Waals surface area contributed by atoms with Crippen molar-refractivity contribution < 1.29 is 8.42 Å². The highest BCUT2D eigenvalue weighted by atomic mass is 32.2. The summed E-state index contributed by atoms with van der Waals surface area (Å²) in [5, 5.41) is 0. The van der Waals surface area contributed by atoms with Crippen molar-refractivity contribution in [3.63, 3.8) is 0 Å². The van der Waals surface area contributed by atoms with E-state index in [0.717, 1.165) is 4.88 Å². The lowest BCUT2D eigenvalue weighted by atomic mass is 9.95. The second-order valence-electron chi connectivity index (χ2n) is 7.17. The average molecular weight is 383 g/mol. The van der Waals surface area contributed by atoms with Crippen molar-refractivity contribution in [3.8, 4) is 10.4 Å². The Kier molecular flexibility index (Phi) is 6.21. The molecule has 0 bridgehead atoms. The summed E-state index contributed by atoms with van der Waals surface area (Å²) in [5.41, 5.74) is 13.2. The third-order valence-corrected chi connectivity index (χ3v) is 6.19. The van der Waals surface area contributed by atoms with Gasteiger partial charge in [-0.25, -0.2) is 13.1 Å². The lowest BCUT2D eigenvalue weighted by Gasteiger charge is -2.21. The van der Waals surface area contributed by atoms with Crippen LogP contribution >= 0.6 is 11.3 Å². The lowest BCUT2D eigenvalue weighted by Crippen LogP contribution is -2.40. The monoisotopic (exact) mass is 382 g/mol. The average Bonchev–Trinajstić information content (AvgIpc) is 2.97. The third-order valence-electron chi connectivity index (χ3n) is 3.58. The Balaban J connectivity index is 0.000000386. The van der Waals surface area contributed by atoms with Crippen molar-refractivity contribution in [1.82, 2.24) is 9.71 Å². The minimum Gasteiger partial charge on any atom is -0.399 e. The summed E-state index contributed by atoms with van der Waals surface area (Å²) in [4.78, 5) is 4.96. The third kappa shape index (κ3) is 5.78. The van der Waals surface area contributed by atoms with E-state index in [2.05, 4.69) is 9.71 Å². The summed E-state index contributed by atoms with van der Waals surface area (Å²) in [6.45, 7) is 5.38. The molecule has 6 nitrogen and oxygen atoms in total. The summed E-state index contributed by atoms with van der Waals surface area (Å²) in [6, 6.07) is 5.43. The maximum absolute atomic E-state index is 12.5. The van der Waals surface area contributed by atoms with E-state index in [1.807, 2.05) is 0 Å². The normalized spacial score (nSPS) is 15.2. The van der Waals surface area contributed by atoms with Gasteiger partial charge in [0.2, 0.25) is 10.0 Å². The first-order chi connectivity index (χ1) is 11.6. The largest absolute Gasteiger partial charge is 0.399 e. The zero-order valence-electron chi connectivity index (χ0n) is 14.8. The molecule has 0 amide bonds. The Morgan fingerprint density at radius 2 is 1.92 bits per heavy atom. The molecule has 2 aromatic rings. The summed E-state index contributed by atoms with van der Waals surface area (Å²) >= 11 is 1.39. The maximum atomic E-state index is 12.5. The molecular formula is C17H26N4O2S2. The van der Waals surface area contributed by atoms with Crippen molar-refractivity contribution in [3.05, 3.63) is 29.9 Å². The van der Waals surface area contributed by atoms with Gasteiger partial charge in [-0.1, -0.05) is 12.5 Å². The van der Waals surface area contributed by atoms with Crippen LogP contribution in [-0.4, -0.2) is 25.0 Å². The molecule has 1 aromatic heterocycles. The molecule has 1 aromatic carbocycles. The minimum absolute atomic E-state index is 0.177. The molecule has 1 aliphatic carbocycles. The number of benzene rings is 1. The van der Waals surface area contributed by atoms with E-state index in [1.54, 1.807) is 44.6 Å². The van der Waals surface area contributed by atoms with Gasteiger partial charge in [0.1, 0.15) is 0 Å². The number of hydrogen-bond acceptors (Lipinski definition) is 6. The lowest BCUT2D eigenvalue weighted by molar-refractivity contribution is 0.418. The highest BCUT2D eigenvalue weighted by Gasteiger charge is 2.25. The van der Waals surface area contributed by atoms with E-state index >= 15 is 0 Å². The van der Waals surface area contributed by atoms with Gasteiger partial charge in [-0.05, 0) is 45.7 Å². The molecule has 0 aliphatic heterocycles. The molecule has 1 heterocycles. The molecule has 8 heteroatoms. The molecule has 1 aliphatic rings. The number of anilines is 1. The first-order valence-electron chi connectivity index (χ1n) is 8.16. The van der Waals surface area contributed by atoms with Crippen molar-refractivity contribution in [2.45, 2.75) is 56.5 Å². The first-order valence-corrected chi connectivity index (χ1v) is 10.5. The van der Waals surface area contributed by atoms with Crippen molar-refractivity contribution in [1.29, 1.82) is 0 Å². The van der Waals surface area contributed by atoms with Gasteiger partial charge >= 0.3 is 0 Å². The highest BCUT2D eigenvalue weighted by molar-refractivity contribution is 7.89. The summed E-state index contributed by atoms with van der Waals surface area (Å²) in [5.74, 6) is 0. The Morgan fingerprint density at radius 3 is 2.36 bits per heavy atom. The highest BCUT2D eigenvalue weighted by Crippen LogP contribution is 2.32. The number of rotatable bonds is 3. The van der Waals surface area contributed by atoms with Gasteiger partial charge in [0.15, 0.2) is 0 Å². The number of nitrogens with two attached hydrogens (primary N) is 2. The second kappa shape index (κ2) is 7.82. The van der Waals surface area contributed by atoms with E-state index in [-0.39, 0.29) is 4.90 Å². The van der Waals surface area contributed by atoms with Crippen molar-refractivity contribution in [2.24, 2.45) is 5.73 Å². The summed E-state index contributed by atoms with van der Waals surface area (Å²) < 4.78 is 27.7. The molecule has 138 valence electrons. The fraction of sp³-hybridized carbons (Fsp3) is 0.471. The Hall–Kier alpha value is -1.48. The number of nitrogen functional groups attached to an aromatic ring is 1. The van der Waals surface area contributed by atoms with Crippen LogP contribution in [0.4, 0.5) is 5.69 Å². The van der Waals surface area contributed by atoms with Gasteiger partial charge in [-0.2, -0.15) is 0 Å². The van der Waals surface area contributed by atoms with Gasteiger partial charge in [-0.3, -0.25) is 4.98 Å². The molecule has 5 N–H and O–H groups in total. The van der Waals surface area contributed by atoms with E-state index in [1.165, 1.54) is 36.7 Å². The fourth-order valence-electron chi connectivity index (χ4n) is 2.21. The van der Waals surface area contributed by atoms with Crippen LogP contribution in [0.15, 0.2) is 34.8 Å². The quantitative estimate of drug-likeness (QED) is 0.707. The molecule has 0 unspecified atom stereocenters. The summed E-state index contributed by atoms with van der Waals surface area (Å²) in [6.07, 6.45) is 5.54. The van der Waals surface area contributed by atoms with Crippen LogP contribution in [0.25, 0.3) is 10.4 Å². The van der Waals surface area contributed by atoms with Crippen LogP contribution in [0.2, 0.25) is 0 Å². The minimum atomic E-state index is -3.65. The predicted octanol–water partition coefficient (Wildman–Crippen LogP) is 2.97. The maximum Gasteiger partial charge on any atom is 0.241 e. The molecule has 3 rings (SSSR count). The van der Waals surface area contributed by atoms with Gasteiger partial charge in [0.05, 0.1) is 15.3 Å². The fourth-order valence-corrected chi connectivity index (χ4v) is 4.61. The van der Waals surface area contributed by atoms with E-state index in [4.69, 9.17) is 11.5 Å². The standard InChI is InChI=1S/C13H17N3O2S2.C4H9N/c1-13(2,3)16-20(17,18)12-6-9(14)4-5-10(12)11-7-15-8-19-11;5-4-2-1-3-4/h4-8,16H,14H2,1-3H3;4H,1-3,5H2. The van der Waals surface area contributed by atoms with E-state index < -0.39 is 15.6 Å². The number of nitrogens with one attached hydrogen (secondary N) is 1. The Labute approximate surface area is 153 Å². The van der Waals surface area contributed by atoms with Crippen LogP contribution in [-0.2, 0) is 10.0 Å². The number of sulfonamides is 1. The smallest absolute Gasteiger partial charge is 0.241 e. The van der Waals surface area contributed by atoms with Crippen molar-refractivity contribution in [2.75, 3.05) is 5.73 Å². The zero-order chi connectivity index (χ0) is 18.7. The van der Waals surface area contributed by atoms with Gasteiger partial charge in [0.25, 0.3) is 0 Å². The number of nitrogens with zero attached hydrogens (tertiary/aromatic N) is 1. The number of thiazole rings is 1. The molecule has 25 heavy (non-hydrogen) atoms. The van der Waals surface area contributed by atoms with E-state index in [9.17, 15) is 8.42 Å². The summed E-state index contributed by atoms with van der Waals surface area (Å²) in [7, 11) is -3.65. The molecule has 0 radical (unpaired) electrons. The van der Waals surface area contributed by atoms with Gasteiger partial charge in [0, 0.05) is 29.0 Å². The number of hydrogen-bond donors (Lipinski definition) is 3. The molecule has 0 saturated heterocycles. The molecule has 0 atom stereocenters. The van der Waals surface area contributed by atoms with E-state index in [0.29, 0.717) is 17.3 Å². The van der Waals surface area contributed by atoms with Gasteiger partial charge in [-0.15, -0.1) is 11.3 Å². The Bertz CT molecular complexity index is 793. The van der Waals surface area contributed by atoms with Crippen LogP contribution in [0.3, 0.4) is 0 Å². The van der Waals surface area contributed by atoms with Crippen LogP contribution in [0.5, 0.6) is 0 Å². The molecule has 1 fully saturated rings. The second-order valence-corrected chi connectivity index (χ2v) is 9.70. The molecule has 1 saturated carbocycles. The molecular weight excluding hydrogens is 356 g/mol. The van der Waals surface area contributed by atoms with Crippen molar-refractivity contribution >= 4 is 27.0 Å². The SMILES string of the molecule is CC(C)(C)NS(=O)(=O)c1cc(N)ccc1-c1cncs1.NC1CCC1.